The zero-order chi connectivity index (χ0) is 19.7. The Morgan fingerprint density at radius 3 is 2.67 bits per heavy atom. The summed E-state index contributed by atoms with van der Waals surface area (Å²) in [4.78, 5) is 42.0. The Morgan fingerprint density at radius 1 is 1.22 bits per heavy atom. The zero-order valence-electron chi connectivity index (χ0n) is 15.6. The highest BCUT2D eigenvalue weighted by atomic mass is 16.5. The molecule has 0 fully saturated rings. The SMILES string of the molecule is COc1ccnc2c1c(=O)n(CC(=O)Nc1cc(C)ccc1C)c(=O)n2C. The highest BCUT2D eigenvalue weighted by Crippen LogP contribution is 2.18. The third-order valence-electron chi connectivity index (χ3n) is 4.38. The van der Waals surface area contributed by atoms with E-state index in [1.54, 1.807) is 0 Å². The lowest BCUT2D eigenvalue weighted by molar-refractivity contribution is -0.116. The van der Waals surface area contributed by atoms with E-state index in [9.17, 15) is 14.4 Å². The van der Waals surface area contributed by atoms with Crippen molar-refractivity contribution in [3.8, 4) is 5.75 Å². The van der Waals surface area contributed by atoms with E-state index in [0.717, 1.165) is 15.7 Å². The topological polar surface area (TPSA) is 95.2 Å². The first kappa shape index (κ1) is 18.4. The fourth-order valence-corrected chi connectivity index (χ4v) is 2.90. The van der Waals surface area contributed by atoms with Gasteiger partial charge in [0.1, 0.15) is 17.7 Å². The summed E-state index contributed by atoms with van der Waals surface area (Å²) in [6.45, 7) is 3.37. The maximum absolute atomic E-state index is 12.8. The molecule has 1 N–H and O–H groups in total. The lowest BCUT2D eigenvalue weighted by Crippen LogP contribution is -2.42. The number of methoxy groups -OCH3 is 1. The molecule has 0 bridgehead atoms. The summed E-state index contributed by atoms with van der Waals surface area (Å²) in [5.74, 6) is -0.172. The highest BCUT2D eigenvalue weighted by Gasteiger charge is 2.18. The number of anilines is 1. The molecule has 27 heavy (non-hydrogen) atoms. The first-order valence-corrected chi connectivity index (χ1v) is 8.33. The van der Waals surface area contributed by atoms with Crippen LogP contribution in [-0.4, -0.2) is 27.1 Å². The zero-order valence-corrected chi connectivity index (χ0v) is 15.6. The first-order valence-electron chi connectivity index (χ1n) is 8.33. The molecule has 0 saturated heterocycles. The molecular weight excluding hydrogens is 348 g/mol. The fraction of sp³-hybridized carbons (Fsp3) is 0.263. The predicted molar refractivity (Wildman–Crippen MR) is 102 cm³/mol. The summed E-state index contributed by atoms with van der Waals surface area (Å²) in [7, 11) is 2.92. The van der Waals surface area contributed by atoms with Crippen LogP contribution in [0, 0.1) is 13.8 Å². The van der Waals surface area contributed by atoms with Gasteiger partial charge >= 0.3 is 5.69 Å². The molecule has 0 aliphatic heterocycles. The molecule has 0 radical (unpaired) electrons. The number of carbonyl (C=O) groups is 1. The number of rotatable bonds is 4. The number of amides is 1. The summed E-state index contributed by atoms with van der Waals surface area (Å²) in [5.41, 5.74) is 1.49. The second kappa shape index (κ2) is 7.06. The van der Waals surface area contributed by atoms with Crippen molar-refractivity contribution in [2.24, 2.45) is 7.05 Å². The summed E-state index contributed by atoms with van der Waals surface area (Å²) in [6, 6.07) is 7.20. The van der Waals surface area contributed by atoms with E-state index in [1.807, 2.05) is 32.0 Å². The van der Waals surface area contributed by atoms with Gasteiger partial charge in [-0.1, -0.05) is 12.1 Å². The normalized spacial score (nSPS) is 10.8. The Labute approximate surface area is 155 Å². The number of aromatic nitrogens is 3. The van der Waals surface area contributed by atoms with E-state index >= 15 is 0 Å². The Kier molecular flexibility index (Phi) is 4.81. The summed E-state index contributed by atoms with van der Waals surface area (Å²) >= 11 is 0. The Hall–Kier alpha value is -3.42. The number of hydrogen-bond donors (Lipinski definition) is 1. The Balaban J connectivity index is 2.04. The molecule has 3 rings (SSSR count). The van der Waals surface area contributed by atoms with Crippen LogP contribution >= 0.6 is 0 Å². The standard InChI is InChI=1S/C19H20N4O4/c1-11-5-6-12(2)13(9-11)21-15(24)10-23-18(25)16-14(27-4)7-8-20-17(16)22(3)19(23)26/h5-9H,10H2,1-4H3,(H,21,24). The van der Waals surface area contributed by atoms with Crippen molar-refractivity contribution in [3.63, 3.8) is 0 Å². The number of aryl methyl sites for hydroxylation is 3. The number of fused-ring (bicyclic) bond motifs is 1. The summed E-state index contributed by atoms with van der Waals surface area (Å²) in [5, 5.41) is 2.91. The molecule has 1 aromatic carbocycles. The summed E-state index contributed by atoms with van der Waals surface area (Å²) < 4.78 is 7.33. The van der Waals surface area contributed by atoms with Crippen LogP contribution in [-0.2, 0) is 18.4 Å². The maximum Gasteiger partial charge on any atom is 0.332 e. The maximum atomic E-state index is 12.8. The van der Waals surface area contributed by atoms with Gasteiger partial charge in [-0.15, -0.1) is 0 Å². The monoisotopic (exact) mass is 368 g/mol. The lowest BCUT2D eigenvalue weighted by Gasteiger charge is -2.13. The fourth-order valence-electron chi connectivity index (χ4n) is 2.90. The third-order valence-corrected chi connectivity index (χ3v) is 4.38. The van der Waals surface area contributed by atoms with E-state index in [-0.39, 0.29) is 11.0 Å². The van der Waals surface area contributed by atoms with Crippen LogP contribution in [0.25, 0.3) is 11.0 Å². The van der Waals surface area contributed by atoms with Crippen molar-refractivity contribution >= 4 is 22.6 Å². The van der Waals surface area contributed by atoms with Crippen LogP contribution in [0.2, 0.25) is 0 Å². The van der Waals surface area contributed by atoms with Gasteiger partial charge in [0.2, 0.25) is 5.91 Å². The van der Waals surface area contributed by atoms with Crippen LogP contribution in [0.15, 0.2) is 40.1 Å². The van der Waals surface area contributed by atoms with Crippen molar-refractivity contribution in [2.75, 3.05) is 12.4 Å². The van der Waals surface area contributed by atoms with E-state index in [4.69, 9.17) is 4.74 Å². The van der Waals surface area contributed by atoms with E-state index in [1.165, 1.54) is 31.0 Å². The van der Waals surface area contributed by atoms with Crippen LogP contribution in [0.5, 0.6) is 5.75 Å². The van der Waals surface area contributed by atoms with Gasteiger partial charge in [-0.3, -0.25) is 14.2 Å². The van der Waals surface area contributed by atoms with Crippen molar-refractivity contribution in [1.29, 1.82) is 0 Å². The molecule has 0 saturated carbocycles. The van der Waals surface area contributed by atoms with Crippen molar-refractivity contribution in [3.05, 3.63) is 62.4 Å². The van der Waals surface area contributed by atoms with Crippen molar-refractivity contribution < 1.29 is 9.53 Å². The molecule has 8 heteroatoms. The van der Waals surface area contributed by atoms with Crippen LogP contribution < -0.4 is 21.3 Å². The van der Waals surface area contributed by atoms with E-state index in [2.05, 4.69) is 10.3 Å². The number of benzene rings is 1. The molecule has 0 spiro atoms. The summed E-state index contributed by atoms with van der Waals surface area (Å²) in [6.07, 6.45) is 1.46. The highest BCUT2D eigenvalue weighted by molar-refractivity contribution is 5.91. The quantitative estimate of drug-likeness (QED) is 0.750. The van der Waals surface area contributed by atoms with Crippen LogP contribution in [0.4, 0.5) is 5.69 Å². The molecule has 2 heterocycles. The second-order valence-corrected chi connectivity index (χ2v) is 6.31. The van der Waals surface area contributed by atoms with Gasteiger partial charge in [0.05, 0.1) is 7.11 Å². The number of pyridine rings is 1. The average Bonchev–Trinajstić information content (AvgIpc) is 2.65. The van der Waals surface area contributed by atoms with Gasteiger partial charge in [-0.2, -0.15) is 0 Å². The van der Waals surface area contributed by atoms with Crippen molar-refractivity contribution in [2.45, 2.75) is 20.4 Å². The number of nitrogens with one attached hydrogen (secondary N) is 1. The third kappa shape index (κ3) is 3.33. The molecule has 1 amide bonds. The van der Waals surface area contributed by atoms with E-state index in [0.29, 0.717) is 11.4 Å². The lowest BCUT2D eigenvalue weighted by atomic mass is 10.1. The van der Waals surface area contributed by atoms with Gasteiger partial charge in [0, 0.05) is 18.9 Å². The molecule has 0 atom stereocenters. The predicted octanol–water partition coefficient (Wildman–Crippen LogP) is 1.36. The van der Waals surface area contributed by atoms with Gasteiger partial charge < -0.3 is 10.1 Å². The van der Waals surface area contributed by atoms with E-state index < -0.39 is 23.7 Å². The van der Waals surface area contributed by atoms with Gasteiger partial charge in [0.15, 0.2) is 5.65 Å². The molecule has 8 nitrogen and oxygen atoms in total. The molecule has 140 valence electrons. The number of nitrogens with zero attached hydrogens (tertiary/aromatic N) is 3. The molecule has 3 aromatic rings. The minimum absolute atomic E-state index is 0.154. The largest absolute Gasteiger partial charge is 0.496 e. The molecule has 2 aromatic heterocycles. The molecule has 0 aliphatic carbocycles. The molecular formula is C19H20N4O4. The second-order valence-electron chi connectivity index (χ2n) is 6.31. The molecule has 0 unspecified atom stereocenters. The average molecular weight is 368 g/mol. The van der Waals surface area contributed by atoms with Gasteiger partial charge in [-0.05, 0) is 37.1 Å². The Bertz CT molecular complexity index is 1160. The molecule has 0 aliphatic rings. The Morgan fingerprint density at radius 2 is 1.96 bits per heavy atom. The van der Waals surface area contributed by atoms with Gasteiger partial charge in [-0.25, -0.2) is 14.3 Å². The van der Waals surface area contributed by atoms with Crippen LogP contribution in [0.1, 0.15) is 11.1 Å². The number of carbonyl (C=O) groups excluding carboxylic acids is 1. The van der Waals surface area contributed by atoms with Crippen molar-refractivity contribution in [1.82, 2.24) is 14.1 Å². The number of ether oxygens (including phenoxy) is 1. The smallest absolute Gasteiger partial charge is 0.332 e. The first-order chi connectivity index (χ1) is 12.8. The van der Waals surface area contributed by atoms with Crippen LogP contribution in [0.3, 0.4) is 0 Å². The minimum atomic E-state index is -0.621. The van der Waals surface area contributed by atoms with Gasteiger partial charge in [0.25, 0.3) is 5.56 Å². The number of hydrogen-bond acceptors (Lipinski definition) is 5. The minimum Gasteiger partial charge on any atom is -0.496 e.